The number of nitrogens with zero attached hydrogens (tertiary/aromatic N) is 3. The van der Waals surface area contributed by atoms with Crippen molar-refractivity contribution < 1.29 is 40.7 Å². The maximum atomic E-state index is 13.7. The number of carbonyl (C=O) groups excluding carboxylic acids is 2. The molecule has 0 amide bonds. The summed E-state index contributed by atoms with van der Waals surface area (Å²) in [6.45, 7) is 0.455. The van der Waals surface area contributed by atoms with E-state index in [4.69, 9.17) is 39.5 Å². The van der Waals surface area contributed by atoms with Crippen molar-refractivity contribution in [3.63, 3.8) is 0 Å². The maximum Gasteiger partial charge on any atom is 0.348 e. The Kier molecular flexibility index (Phi) is 9.19. The molecule has 222 valence electrons. The second-order valence-corrected chi connectivity index (χ2v) is 12.1. The van der Waals surface area contributed by atoms with Crippen LogP contribution < -0.4 is 4.74 Å². The van der Waals surface area contributed by atoms with E-state index in [1.165, 1.54) is 26.2 Å². The summed E-state index contributed by atoms with van der Waals surface area (Å²) in [5.41, 5.74) is -0.791. The Morgan fingerprint density at radius 2 is 1.76 bits per heavy atom. The Bertz CT molecular complexity index is 1850. The molecule has 2 aromatic heterocycles. The quantitative estimate of drug-likeness (QED) is 0.154. The minimum Gasteiger partial charge on any atom is -0.403 e. The predicted octanol–water partition coefficient (Wildman–Crippen LogP) is 6.17. The van der Waals surface area contributed by atoms with E-state index in [2.05, 4.69) is 14.8 Å². The van der Waals surface area contributed by atoms with Gasteiger partial charge in [0, 0.05) is 36.0 Å². The van der Waals surface area contributed by atoms with Gasteiger partial charge in [0.25, 0.3) is 12.8 Å². The lowest BCUT2D eigenvalue weighted by Crippen LogP contribution is -2.18. The molecular weight excluding hydrogens is 646 g/mol. The Morgan fingerprint density at radius 3 is 2.40 bits per heavy atom. The standard InChI is InChI=1S/C26H19Cl3F3N3O6S/c1-11-18(22(36)14-5-7-17(42(3,38)39)15(20(14)29)10-40-24(32)23(30)31)25(35(2)34-11)41-26(37)19-16(28)6-4-12-8-13(27)9-33-21(12)19/h4-9,23-24H,10H2,1-3H3. The van der Waals surface area contributed by atoms with Crippen LogP contribution in [0.2, 0.25) is 15.1 Å². The van der Waals surface area contributed by atoms with Crippen LogP contribution in [0.5, 0.6) is 5.88 Å². The Labute approximate surface area is 252 Å². The molecule has 1 unspecified atom stereocenters. The number of carbonyl (C=O) groups is 2. The number of aryl methyl sites for hydroxylation is 2. The molecule has 0 spiro atoms. The lowest BCUT2D eigenvalue weighted by molar-refractivity contribution is -0.135. The largest absolute Gasteiger partial charge is 0.403 e. The number of ketones is 1. The number of sulfone groups is 1. The number of alkyl halides is 3. The normalized spacial score (nSPS) is 12.6. The van der Waals surface area contributed by atoms with Gasteiger partial charge in [0.05, 0.1) is 37.8 Å². The summed E-state index contributed by atoms with van der Waals surface area (Å²) in [7, 11) is -2.62. The van der Waals surface area contributed by atoms with Crippen molar-refractivity contribution in [3.8, 4) is 5.88 Å². The van der Waals surface area contributed by atoms with Gasteiger partial charge in [-0.15, -0.1) is 0 Å². The molecule has 2 aromatic carbocycles. The van der Waals surface area contributed by atoms with Crippen molar-refractivity contribution in [2.24, 2.45) is 7.05 Å². The van der Waals surface area contributed by atoms with Gasteiger partial charge < -0.3 is 9.47 Å². The summed E-state index contributed by atoms with van der Waals surface area (Å²) >= 11 is 18.7. The first-order chi connectivity index (χ1) is 19.6. The van der Waals surface area contributed by atoms with Crippen LogP contribution in [0, 0.1) is 6.92 Å². The summed E-state index contributed by atoms with van der Waals surface area (Å²) in [5.74, 6) is -2.16. The molecule has 16 heteroatoms. The van der Waals surface area contributed by atoms with Gasteiger partial charge in [-0.05, 0) is 31.2 Å². The van der Waals surface area contributed by atoms with Gasteiger partial charge in [0.2, 0.25) is 11.7 Å². The monoisotopic (exact) mass is 663 g/mol. The third kappa shape index (κ3) is 6.25. The van der Waals surface area contributed by atoms with Crippen LogP contribution in [0.1, 0.15) is 37.5 Å². The Balaban J connectivity index is 1.78. The van der Waals surface area contributed by atoms with Crippen LogP contribution in [-0.2, 0) is 28.2 Å². The number of hydrogen-bond acceptors (Lipinski definition) is 8. The minimum atomic E-state index is -4.01. The average molecular weight is 665 g/mol. The van der Waals surface area contributed by atoms with Gasteiger partial charge in [-0.2, -0.15) is 5.10 Å². The van der Waals surface area contributed by atoms with Crippen molar-refractivity contribution in [1.29, 1.82) is 0 Å². The van der Waals surface area contributed by atoms with Crippen molar-refractivity contribution in [2.75, 3.05) is 6.26 Å². The fourth-order valence-corrected chi connectivity index (χ4v) is 5.81. The van der Waals surface area contributed by atoms with E-state index >= 15 is 0 Å². The molecular formula is C26H19Cl3F3N3O6S. The minimum absolute atomic E-state index is 0.00750. The molecule has 0 bridgehead atoms. The molecule has 4 rings (SSSR count). The lowest BCUT2D eigenvalue weighted by atomic mass is 10.0. The van der Waals surface area contributed by atoms with Crippen LogP contribution in [-0.4, -0.2) is 54.0 Å². The molecule has 9 nitrogen and oxygen atoms in total. The fourth-order valence-electron chi connectivity index (χ4n) is 4.13. The SMILES string of the molecule is Cc1nn(C)c(OC(=O)c2c(Cl)ccc3cc(Cl)cnc23)c1C(=O)c1ccc(S(C)(=O)=O)c(COC(F)C(F)F)c1Cl. The highest BCUT2D eigenvalue weighted by atomic mass is 35.5. The first-order valence-electron chi connectivity index (χ1n) is 11.7. The van der Waals surface area contributed by atoms with E-state index in [1.807, 2.05) is 0 Å². The van der Waals surface area contributed by atoms with Gasteiger partial charge in [-0.1, -0.05) is 40.9 Å². The van der Waals surface area contributed by atoms with Crippen molar-refractivity contribution in [2.45, 2.75) is 31.2 Å². The lowest BCUT2D eigenvalue weighted by Gasteiger charge is -2.16. The Hall–Kier alpha value is -3.23. The van der Waals surface area contributed by atoms with E-state index in [-0.39, 0.29) is 38.8 Å². The van der Waals surface area contributed by atoms with Crippen LogP contribution in [0.15, 0.2) is 41.4 Å². The molecule has 0 fully saturated rings. The smallest absolute Gasteiger partial charge is 0.348 e. The van der Waals surface area contributed by atoms with Gasteiger partial charge in [-0.3, -0.25) is 9.78 Å². The van der Waals surface area contributed by atoms with E-state index in [1.54, 1.807) is 12.1 Å². The van der Waals surface area contributed by atoms with Gasteiger partial charge in [0.1, 0.15) is 11.1 Å². The zero-order valence-electron chi connectivity index (χ0n) is 21.8. The van der Waals surface area contributed by atoms with Crippen LogP contribution in [0.4, 0.5) is 13.2 Å². The number of hydrogen-bond donors (Lipinski definition) is 0. The summed E-state index contributed by atoms with van der Waals surface area (Å²) < 4.78 is 74.6. The zero-order chi connectivity index (χ0) is 31.1. The van der Waals surface area contributed by atoms with Crippen molar-refractivity contribution >= 4 is 67.3 Å². The van der Waals surface area contributed by atoms with Crippen LogP contribution >= 0.6 is 34.8 Å². The average Bonchev–Trinajstić information content (AvgIpc) is 3.18. The molecule has 0 aliphatic heterocycles. The van der Waals surface area contributed by atoms with Gasteiger partial charge in [-0.25, -0.2) is 31.1 Å². The van der Waals surface area contributed by atoms with Crippen LogP contribution in [0.3, 0.4) is 0 Å². The number of pyridine rings is 1. The van der Waals surface area contributed by atoms with Gasteiger partial charge >= 0.3 is 5.97 Å². The molecule has 1 atom stereocenters. The zero-order valence-corrected chi connectivity index (χ0v) is 24.9. The summed E-state index contributed by atoms with van der Waals surface area (Å²) in [6.07, 6.45) is -4.41. The van der Waals surface area contributed by atoms with E-state index in [0.717, 1.165) is 23.1 Å². The number of ether oxygens (including phenoxy) is 2. The maximum absolute atomic E-state index is 13.7. The van der Waals surface area contributed by atoms with Crippen LogP contribution in [0.25, 0.3) is 10.9 Å². The number of fused-ring (bicyclic) bond motifs is 1. The van der Waals surface area contributed by atoms with E-state index in [9.17, 15) is 31.2 Å². The predicted molar refractivity (Wildman–Crippen MR) is 148 cm³/mol. The topological polar surface area (TPSA) is 117 Å². The first kappa shape index (κ1) is 31.7. The highest BCUT2D eigenvalue weighted by molar-refractivity contribution is 7.90. The molecule has 42 heavy (non-hydrogen) atoms. The summed E-state index contributed by atoms with van der Waals surface area (Å²) in [4.78, 5) is 30.8. The van der Waals surface area contributed by atoms with Crippen molar-refractivity contribution in [3.05, 3.63) is 79.5 Å². The molecule has 0 saturated carbocycles. The molecule has 0 saturated heterocycles. The number of aromatic nitrogens is 3. The molecule has 0 N–H and O–H groups in total. The fraction of sp³-hybridized carbons (Fsp3) is 0.231. The highest BCUT2D eigenvalue weighted by Crippen LogP contribution is 2.35. The molecule has 2 heterocycles. The molecule has 0 aliphatic carbocycles. The van der Waals surface area contributed by atoms with Gasteiger partial charge in [0.15, 0.2) is 9.84 Å². The first-order valence-corrected chi connectivity index (χ1v) is 14.7. The number of benzene rings is 2. The molecule has 4 aromatic rings. The molecule has 0 aliphatic rings. The van der Waals surface area contributed by atoms with E-state index < -0.39 is 56.5 Å². The summed E-state index contributed by atoms with van der Waals surface area (Å²) in [6, 6.07) is 6.70. The highest BCUT2D eigenvalue weighted by Gasteiger charge is 2.31. The number of esters is 1. The van der Waals surface area contributed by atoms with Crippen molar-refractivity contribution in [1.82, 2.24) is 14.8 Å². The second-order valence-electron chi connectivity index (χ2n) is 8.93. The summed E-state index contributed by atoms with van der Waals surface area (Å²) in [5, 5.41) is 4.47. The third-order valence-corrected chi connectivity index (χ3v) is 8.12. The Morgan fingerprint density at radius 1 is 1.07 bits per heavy atom. The third-order valence-electron chi connectivity index (χ3n) is 5.99. The van der Waals surface area contributed by atoms with E-state index in [0.29, 0.717) is 10.4 Å². The number of halogens is 6. The number of rotatable bonds is 9. The second kappa shape index (κ2) is 12.2. The molecule has 0 radical (unpaired) electrons.